The first kappa shape index (κ1) is 16.6. The van der Waals surface area contributed by atoms with Gasteiger partial charge in [-0.2, -0.15) is 0 Å². The van der Waals surface area contributed by atoms with Crippen molar-refractivity contribution in [1.82, 2.24) is 4.98 Å². The fourth-order valence-electron chi connectivity index (χ4n) is 2.27. The molecule has 2 aromatic carbocycles. The van der Waals surface area contributed by atoms with E-state index >= 15 is 0 Å². The number of hydrogen-bond acceptors (Lipinski definition) is 4. The van der Waals surface area contributed by atoms with Crippen LogP contribution in [0.3, 0.4) is 0 Å². The highest BCUT2D eigenvalue weighted by molar-refractivity contribution is 6.32. The van der Waals surface area contributed by atoms with Crippen LogP contribution in [0.5, 0.6) is 0 Å². The number of para-hydroxylation sites is 1. The van der Waals surface area contributed by atoms with E-state index in [2.05, 4.69) is 10.3 Å². The predicted octanol–water partition coefficient (Wildman–Crippen LogP) is 4.45. The van der Waals surface area contributed by atoms with E-state index < -0.39 is 4.92 Å². The first-order valence-electron chi connectivity index (χ1n) is 7.31. The van der Waals surface area contributed by atoms with Crippen LogP contribution in [-0.2, 0) is 4.79 Å². The monoisotopic (exact) mass is 353 g/mol. The van der Waals surface area contributed by atoms with E-state index in [0.29, 0.717) is 11.3 Å². The van der Waals surface area contributed by atoms with Gasteiger partial charge < -0.3 is 5.32 Å². The van der Waals surface area contributed by atoms with Crippen LogP contribution in [-0.4, -0.2) is 15.8 Å². The van der Waals surface area contributed by atoms with Crippen LogP contribution in [0.4, 0.5) is 11.4 Å². The second-order valence-corrected chi connectivity index (χ2v) is 5.61. The summed E-state index contributed by atoms with van der Waals surface area (Å²) >= 11 is 5.76. The summed E-state index contributed by atoms with van der Waals surface area (Å²) in [4.78, 5) is 26.6. The Bertz CT molecular complexity index is 1000. The number of amides is 1. The minimum atomic E-state index is -0.569. The third-order valence-electron chi connectivity index (χ3n) is 3.45. The molecule has 0 radical (unpaired) electrons. The molecule has 0 aliphatic carbocycles. The Balaban J connectivity index is 1.74. The molecule has 1 aromatic heterocycles. The molecule has 1 N–H and O–H groups in total. The second kappa shape index (κ2) is 7.11. The van der Waals surface area contributed by atoms with Gasteiger partial charge in [0.25, 0.3) is 5.69 Å². The number of pyridine rings is 1. The number of fused-ring (bicyclic) bond motifs is 1. The number of carbonyl (C=O) groups excluding carboxylic acids is 1. The van der Waals surface area contributed by atoms with Gasteiger partial charge in [-0.05, 0) is 29.8 Å². The Morgan fingerprint density at radius 1 is 1.20 bits per heavy atom. The summed E-state index contributed by atoms with van der Waals surface area (Å²) in [5, 5.41) is 14.5. The van der Waals surface area contributed by atoms with Gasteiger partial charge in [-0.25, -0.2) is 0 Å². The highest BCUT2D eigenvalue weighted by atomic mass is 35.5. The fraction of sp³-hybridized carbons (Fsp3) is 0. The molecule has 7 heteroatoms. The van der Waals surface area contributed by atoms with Crippen LogP contribution in [0, 0.1) is 10.1 Å². The zero-order valence-electron chi connectivity index (χ0n) is 12.8. The van der Waals surface area contributed by atoms with E-state index in [4.69, 9.17) is 11.6 Å². The van der Waals surface area contributed by atoms with E-state index in [1.165, 1.54) is 24.3 Å². The first-order chi connectivity index (χ1) is 12.0. The predicted molar refractivity (Wildman–Crippen MR) is 97.5 cm³/mol. The molecule has 0 aliphatic heterocycles. The zero-order valence-corrected chi connectivity index (χ0v) is 13.6. The molecule has 3 aromatic rings. The van der Waals surface area contributed by atoms with Crippen molar-refractivity contribution < 1.29 is 9.72 Å². The van der Waals surface area contributed by atoms with Crippen molar-refractivity contribution in [2.75, 3.05) is 5.32 Å². The molecule has 1 heterocycles. The number of carbonyl (C=O) groups is 1. The molecule has 0 spiro atoms. The molecule has 0 fully saturated rings. The van der Waals surface area contributed by atoms with Gasteiger partial charge in [-0.1, -0.05) is 35.9 Å². The standard InChI is InChI=1S/C18H12ClN3O3/c19-15-7-5-12(9-17(15)22(24)25)6-8-18(23)21-14-10-13-3-1-2-4-16(13)20-11-14/h1-11H,(H,21,23)/b8-6+. The number of benzene rings is 2. The van der Waals surface area contributed by atoms with Crippen LogP contribution in [0.25, 0.3) is 17.0 Å². The summed E-state index contributed by atoms with van der Waals surface area (Å²) in [7, 11) is 0. The fourth-order valence-corrected chi connectivity index (χ4v) is 2.46. The van der Waals surface area contributed by atoms with Gasteiger partial charge in [-0.3, -0.25) is 19.9 Å². The maximum Gasteiger partial charge on any atom is 0.288 e. The lowest BCUT2D eigenvalue weighted by Gasteiger charge is -2.03. The van der Waals surface area contributed by atoms with Crippen LogP contribution >= 0.6 is 11.6 Å². The highest BCUT2D eigenvalue weighted by Crippen LogP contribution is 2.25. The maximum atomic E-state index is 12.0. The lowest BCUT2D eigenvalue weighted by Crippen LogP contribution is -2.07. The van der Waals surface area contributed by atoms with E-state index in [0.717, 1.165) is 10.9 Å². The summed E-state index contributed by atoms with van der Waals surface area (Å²) in [5.41, 5.74) is 1.70. The summed E-state index contributed by atoms with van der Waals surface area (Å²) < 4.78 is 0. The number of nitro groups is 1. The average Bonchev–Trinajstić information content (AvgIpc) is 2.60. The Labute approximate surface area is 147 Å². The van der Waals surface area contributed by atoms with Gasteiger partial charge in [0, 0.05) is 17.5 Å². The topological polar surface area (TPSA) is 85.1 Å². The van der Waals surface area contributed by atoms with Gasteiger partial charge in [-0.15, -0.1) is 0 Å². The van der Waals surface area contributed by atoms with Crippen LogP contribution < -0.4 is 5.32 Å². The molecule has 0 atom stereocenters. The summed E-state index contributed by atoms with van der Waals surface area (Å²) in [6.07, 6.45) is 4.34. The third kappa shape index (κ3) is 3.99. The second-order valence-electron chi connectivity index (χ2n) is 5.21. The molecule has 0 aliphatic rings. The number of anilines is 1. The molecule has 124 valence electrons. The molecule has 6 nitrogen and oxygen atoms in total. The van der Waals surface area contributed by atoms with Crippen molar-refractivity contribution in [2.24, 2.45) is 0 Å². The minimum absolute atomic E-state index is 0.0499. The molecule has 0 saturated heterocycles. The number of nitro benzene ring substituents is 1. The van der Waals surface area contributed by atoms with Crippen LogP contribution in [0.15, 0.2) is 60.8 Å². The van der Waals surface area contributed by atoms with Gasteiger partial charge in [0.05, 0.1) is 22.3 Å². The van der Waals surface area contributed by atoms with E-state index in [1.54, 1.807) is 12.3 Å². The van der Waals surface area contributed by atoms with Crippen molar-refractivity contribution in [2.45, 2.75) is 0 Å². The van der Waals surface area contributed by atoms with Gasteiger partial charge in [0.2, 0.25) is 5.91 Å². The molecule has 0 bridgehead atoms. The Morgan fingerprint density at radius 2 is 2.00 bits per heavy atom. The summed E-state index contributed by atoms with van der Waals surface area (Å²) in [6.45, 7) is 0. The largest absolute Gasteiger partial charge is 0.321 e. The van der Waals surface area contributed by atoms with E-state index in [1.807, 2.05) is 30.3 Å². The van der Waals surface area contributed by atoms with Crippen LogP contribution in [0.2, 0.25) is 5.02 Å². The number of aromatic nitrogens is 1. The Hall–Kier alpha value is -3.25. The van der Waals surface area contributed by atoms with E-state index in [-0.39, 0.29) is 16.6 Å². The normalized spacial score (nSPS) is 10.9. The Morgan fingerprint density at radius 3 is 2.80 bits per heavy atom. The molecular formula is C18H12ClN3O3. The first-order valence-corrected chi connectivity index (χ1v) is 7.68. The number of rotatable bonds is 4. The maximum absolute atomic E-state index is 12.0. The number of hydrogen-bond donors (Lipinski definition) is 1. The molecule has 0 unspecified atom stereocenters. The van der Waals surface area contributed by atoms with Crippen molar-refractivity contribution >= 4 is 45.9 Å². The Kier molecular flexibility index (Phi) is 4.72. The van der Waals surface area contributed by atoms with Gasteiger partial charge in [0.15, 0.2) is 0 Å². The lowest BCUT2D eigenvalue weighted by atomic mass is 10.2. The summed E-state index contributed by atoms with van der Waals surface area (Å²) in [5.74, 6) is -0.366. The molecule has 25 heavy (non-hydrogen) atoms. The average molecular weight is 354 g/mol. The zero-order chi connectivity index (χ0) is 17.8. The molecule has 0 saturated carbocycles. The summed E-state index contributed by atoms with van der Waals surface area (Å²) in [6, 6.07) is 13.7. The SMILES string of the molecule is O=C(/C=C/c1ccc(Cl)c([N+](=O)[O-])c1)Nc1cnc2ccccc2c1. The molecular weight excluding hydrogens is 342 g/mol. The van der Waals surface area contributed by atoms with E-state index in [9.17, 15) is 14.9 Å². The third-order valence-corrected chi connectivity index (χ3v) is 3.77. The number of nitrogens with zero attached hydrogens (tertiary/aromatic N) is 2. The minimum Gasteiger partial charge on any atom is -0.321 e. The van der Waals surface area contributed by atoms with Crippen molar-refractivity contribution in [1.29, 1.82) is 0 Å². The van der Waals surface area contributed by atoms with Crippen molar-refractivity contribution in [3.8, 4) is 0 Å². The van der Waals surface area contributed by atoms with Crippen molar-refractivity contribution in [3.63, 3.8) is 0 Å². The quantitative estimate of drug-likeness (QED) is 0.426. The van der Waals surface area contributed by atoms with Crippen molar-refractivity contribution in [3.05, 3.63) is 81.5 Å². The smallest absolute Gasteiger partial charge is 0.288 e. The molecule has 3 rings (SSSR count). The van der Waals surface area contributed by atoms with Gasteiger partial charge in [0.1, 0.15) is 5.02 Å². The lowest BCUT2D eigenvalue weighted by molar-refractivity contribution is -0.384. The van der Waals surface area contributed by atoms with Gasteiger partial charge >= 0.3 is 0 Å². The van der Waals surface area contributed by atoms with Crippen LogP contribution in [0.1, 0.15) is 5.56 Å². The number of nitrogens with one attached hydrogen (secondary N) is 1. The number of halogens is 1. The molecule has 1 amide bonds. The highest BCUT2D eigenvalue weighted by Gasteiger charge is 2.11.